The van der Waals surface area contributed by atoms with E-state index in [2.05, 4.69) is 44.0 Å². The fraction of sp³-hybridized carbons (Fsp3) is 0.143. The molecule has 0 saturated heterocycles. The third-order valence-corrected chi connectivity index (χ3v) is 4.36. The molecule has 0 spiro atoms. The van der Waals surface area contributed by atoms with Crippen LogP contribution in [0.3, 0.4) is 0 Å². The number of halogens is 5. The van der Waals surface area contributed by atoms with Crippen LogP contribution in [-0.2, 0) is 12.7 Å². The molecule has 34 heavy (non-hydrogen) atoms. The molecule has 0 unspecified atom stereocenters. The highest BCUT2D eigenvalue weighted by atomic mass is 35.5. The van der Waals surface area contributed by atoms with Crippen molar-refractivity contribution < 1.29 is 17.6 Å². The van der Waals surface area contributed by atoms with Gasteiger partial charge in [-0.15, -0.1) is 26.0 Å². The van der Waals surface area contributed by atoms with Crippen molar-refractivity contribution in [2.45, 2.75) is 26.6 Å². The molecular formula is C28H28ClF4N. The van der Waals surface area contributed by atoms with Crippen LogP contribution in [0.4, 0.5) is 17.6 Å². The van der Waals surface area contributed by atoms with Crippen molar-refractivity contribution in [2.75, 3.05) is 0 Å². The Balaban J connectivity index is 0.000000618. The zero-order chi connectivity index (χ0) is 26.3. The van der Waals surface area contributed by atoms with Gasteiger partial charge in [-0.3, -0.25) is 0 Å². The molecule has 0 radical (unpaired) electrons. The summed E-state index contributed by atoms with van der Waals surface area (Å²) >= 11 is 5.82. The highest BCUT2D eigenvalue weighted by Gasteiger charge is 2.29. The summed E-state index contributed by atoms with van der Waals surface area (Å²) < 4.78 is 49.2. The number of aryl methyl sites for hydroxylation is 2. The molecule has 3 aromatic carbocycles. The third-order valence-electron chi connectivity index (χ3n) is 4.14. The molecule has 0 heterocycles. The Morgan fingerprint density at radius 2 is 1.47 bits per heavy atom. The lowest BCUT2D eigenvalue weighted by Gasteiger charge is -2.11. The van der Waals surface area contributed by atoms with Gasteiger partial charge in [0.25, 0.3) is 0 Å². The van der Waals surface area contributed by atoms with Gasteiger partial charge in [0, 0.05) is 22.8 Å². The Hall–Kier alpha value is -3.49. The molecule has 1 N–H and O–H groups in total. The van der Waals surface area contributed by atoms with E-state index in [0.29, 0.717) is 28.4 Å². The lowest BCUT2D eigenvalue weighted by molar-refractivity contribution is -0.137. The van der Waals surface area contributed by atoms with Crippen molar-refractivity contribution in [2.24, 2.45) is 0 Å². The van der Waals surface area contributed by atoms with Crippen molar-refractivity contribution in [3.05, 3.63) is 125 Å². The Morgan fingerprint density at radius 1 is 0.912 bits per heavy atom. The van der Waals surface area contributed by atoms with Crippen LogP contribution in [0.5, 0.6) is 0 Å². The third kappa shape index (κ3) is 11.4. The highest BCUT2D eigenvalue weighted by Crippen LogP contribution is 2.29. The summed E-state index contributed by atoms with van der Waals surface area (Å²) in [5.74, 6) is -0.360. The normalized spacial score (nSPS) is 9.68. The number of alkyl halides is 3. The van der Waals surface area contributed by atoms with E-state index >= 15 is 0 Å². The van der Waals surface area contributed by atoms with Gasteiger partial charge in [0.05, 0.1) is 5.56 Å². The van der Waals surface area contributed by atoms with Crippen molar-refractivity contribution in [1.82, 2.24) is 5.32 Å². The predicted molar refractivity (Wildman–Crippen MR) is 136 cm³/mol. The van der Waals surface area contributed by atoms with Gasteiger partial charge in [-0.25, -0.2) is 4.39 Å². The molecule has 0 bridgehead atoms. The number of terminal acetylenes is 1. The van der Waals surface area contributed by atoms with Crippen molar-refractivity contribution in [3.63, 3.8) is 0 Å². The van der Waals surface area contributed by atoms with E-state index in [1.54, 1.807) is 19.1 Å². The van der Waals surface area contributed by atoms with E-state index in [4.69, 9.17) is 11.6 Å². The van der Waals surface area contributed by atoms with E-state index in [9.17, 15) is 17.6 Å². The van der Waals surface area contributed by atoms with Crippen LogP contribution in [0.1, 0.15) is 27.8 Å². The number of rotatable bonds is 4. The van der Waals surface area contributed by atoms with E-state index in [-0.39, 0.29) is 5.82 Å². The maximum absolute atomic E-state index is 13.3. The minimum atomic E-state index is -4.22. The maximum atomic E-state index is 13.3. The Labute approximate surface area is 204 Å². The Kier molecular flexibility index (Phi) is 13.8. The smallest absolute Gasteiger partial charge is 0.381 e. The molecular weight excluding hydrogens is 462 g/mol. The first-order chi connectivity index (χ1) is 16.0. The zero-order valence-electron chi connectivity index (χ0n) is 19.2. The fourth-order valence-electron chi connectivity index (χ4n) is 2.68. The van der Waals surface area contributed by atoms with E-state index in [1.165, 1.54) is 23.8 Å². The van der Waals surface area contributed by atoms with Gasteiger partial charge in [-0.05, 0) is 43.7 Å². The van der Waals surface area contributed by atoms with Crippen LogP contribution >= 0.6 is 11.6 Å². The Morgan fingerprint density at radius 3 is 1.94 bits per heavy atom. The van der Waals surface area contributed by atoms with Crippen LogP contribution in [0.15, 0.2) is 86.5 Å². The lowest BCUT2D eigenvalue weighted by atomic mass is 10.1. The van der Waals surface area contributed by atoms with Crippen LogP contribution in [0.25, 0.3) is 5.70 Å². The second-order valence-electron chi connectivity index (χ2n) is 6.85. The van der Waals surface area contributed by atoms with Gasteiger partial charge < -0.3 is 5.32 Å². The van der Waals surface area contributed by atoms with E-state index < -0.39 is 11.7 Å². The largest absolute Gasteiger partial charge is 0.416 e. The summed E-state index contributed by atoms with van der Waals surface area (Å²) in [6.45, 7) is 14.2. The van der Waals surface area contributed by atoms with Gasteiger partial charge in [0.2, 0.25) is 0 Å². The summed E-state index contributed by atoms with van der Waals surface area (Å²) in [4.78, 5) is 0. The minimum Gasteiger partial charge on any atom is -0.381 e. The van der Waals surface area contributed by atoms with Gasteiger partial charge in [0.1, 0.15) is 5.82 Å². The second kappa shape index (κ2) is 15.4. The first-order valence-electron chi connectivity index (χ1n) is 9.96. The summed E-state index contributed by atoms with van der Waals surface area (Å²) in [5.41, 5.74) is 3.72. The number of hydrogen-bond acceptors (Lipinski definition) is 1. The van der Waals surface area contributed by atoms with Crippen LogP contribution in [0, 0.1) is 32.5 Å². The molecule has 3 aromatic rings. The fourth-order valence-corrected chi connectivity index (χ4v) is 2.90. The number of nitrogens with one attached hydrogen (secondary N) is 1. The molecule has 3 rings (SSSR count). The van der Waals surface area contributed by atoms with Gasteiger partial charge in [0.15, 0.2) is 0 Å². The second-order valence-corrected chi connectivity index (χ2v) is 7.28. The average Bonchev–Trinajstić information content (AvgIpc) is 2.79. The summed E-state index contributed by atoms with van der Waals surface area (Å²) in [6, 6.07) is 17.8. The first kappa shape index (κ1) is 30.5. The molecule has 0 aliphatic carbocycles. The van der Waals surface area contributed by atoms with E-state index in [0.717, 1.165) is 17.7 Å². The first-order valence-corrected chi connectivity index (χ1v) is 10.3. The summed E-state index contributed by atoms with van der Waals surface area (Å²) in [5, 5.41) is 3.55. The lowest BCUT2D eigenvalue weighted by Crippen LogP contribution is -2.11. The number of benzene rings is 3. The molecule has 0 saturated carbocycles. The van der Waals surface area contributed by atoms with E-state index in [1.807, 2.05) is 25.1 Å². The molecule has 180 valence electrons. The van der Waals surface area contributed by atoms with Gasteiger partial charge >= 0.3 is 6.18 Å². The predicted octanol–water partition coefficient (Wildman–Crippen LogP) is 8.61. The quantitative estimate of drug-likeness (QED) is 0.220. The van der Waals surface area contributed by atoms with Crippen molar-refractivity contribution in [3.8, 4) is 12.8 Å². The maximum Gasteiger partial charge on any atom is 0.416 e. The molecule has 0 fully saturated rings. The van der Waals surface area contributed by atoms with Crippen LogP contribution in [0.2, 0.25) is 5.02 Å². The molecule has 1 nitrogen and oxygen atoms in total. The summed E-state index contributed by atoms with van der Waals surface area (Å²) in [6.07, 6.45) is 3.78. The molecule has 0 aliphatic heterocycles. The van der Waals surface area contributed by atoms with Crippen LogP contribution < -0.4 is 5.32 Å². The minimum absolute atomic E-state index is 0.360. The monoisotopic (exact) mass is 489 g/mol. The molecule has 0 amide bonds. The average molecular weight is 490 g/mol. The zero-order valence-corrected chi connectivity index (χ0v) is 20.0. The highest BCUT2D eigenvalue weighted by molar-refractivity contribution is 6.30. The molecule has 0 atom stereocenters. The molecule has 0 aliphatic rings. The van der Waals surface area contributed by atoms with Gasteiger partial charge in [-0.1, -0.05) is 71.8 Å². The van der Waals surface area contributed by atoms with Crippen molar-refractivity contribution in [1.29, 1.82) is 0 Å². The summed E-state index contributed by atoms with van der Waals surface area (Å²) in [7, 11) is 0. The number of hydrogen-bond donors (Lipinski definition) is 1. The van der Waals surface area contributed by atoms with Gasteiger partial charge in [-0.2, -0.15) is 13.2 Å². The Bertz CT molecular complexity index is 1050. The van der Waals surface area contributed by atoms with Crippen LogP contribution in [-0.4, -0.2) is 0 Å². The SMILES string of the molecule is C#C.C=C.C=C(NCc1cccc(C)c1)c1cc(F)cc(Cl)c1.Cc1cccc(C(F)(F)F)c1. The molecule has 6 heteroatoms. The van der Waals surface area contributed by atoms with Crippen molar-refractivity contribution >= 4 is 17.3 Å². The topological polar surface area (TPSA) is 12.0 Å². The molecule has 0 aromatic heterocycles. The standard InChI is InChI=1S/C16H15ClFN.C8H7F3.C2H4.C2H2/c1-11-4-3-5-13(6-11)10-19-12(2)14-7-15(17)9-16(18)8-14;1-6-3-2-4-7(5-6)8(9,10)11;2*1-2/h3-9,19H,2,10H2,1H3;2-5H,1H3;1-2H2;1-2H.